The Balaban J connectivity index is 2.56. The summed E-state index contributed by atoms with van der Waals surface area (Å²) in [5, 5.41) is 9.40. The van der Waals surface area contributed by atoms with E-state index in [1.165, 1.54) is 17.5 Å². The van der Waals surface area contributed by atoms with Gasteiger partial charge in [-0.1, -0.05) is 50.1 Å². The van der Waals surface area contributed by atoms with Crippen LogP contribution in [0.1, 0.15) is 37.8 Å². The summed E-state index contributed by atoms with van der Waals surface area (Å²) >= 11 is 0. The van der Waals surface area contributed by atoms with Crippen LogP contribution in [0.2, 0.25) is 0 Å². The van der Waals surface area contributed by atoms with Crippen molar-refractivity contribution in [1.82, 2.24) is 0 Å². The molecule has 0 amide bonds. The standard InChI is InChI=1S/C15H24O/c1-4-12(2)8-15(11-16)10-14-7-5-6-13(3)9-14/h5-7,9,12,15-16H,4,8,10-11H2,1-3H3. The molecule has 0 aliphatic carbocycles. The molecule has 0 fully saturated rings. The molecule has 90 valence electrons. The minimum absolute atomic E-state index is 0.304. The molecule has 2 atom stereocenters. The van der Waals surface area contributed by atoms with Crippen LogP contribution < -0.4 is 0 Å². The Morgan fingerprint density at radius 1 is 1.31 bits per heavy atom. The Morgan fingerprint density at radius 3 is 2.62 bits per heavy atom. The van der Waals surface area contributed by atoms with E-state index in [9.17, 15) is 5.11 Å². The number of aliphatic hydroxyl groups is 1. The highest BCUT2D eigenvalue weighted by Crippen LogP contribution is 2.19. The zero-order valence-corrected chi connectivity index (χ0v) is 10.7. The first kappa shape index (κ1) is 13.2. The zero-order chi connectivity index (χ0) is 12.0. The van der Waals surface area contributed by atoms with Crippen molar-refractivity contribution in [3.63, 3.8) is 0 Å². The molecule has 0 radical (unpaired) electrons. The Kier molecular flexibility index (Phi) is 5.54. The summed E-state index contributed by atoms with van der Waals surface area (Å²) in [4.78, 5) is 0. The molecule has 0 heterocycles. The molecule has 1 heteroatoms. The van der Waals surface area contributed by atoms with E-state index in [4.69, 9.17) is 0 Å². The molecule has 0 saturated carbocycles. The van der Waals surface area contributed by atoms with E-state index in [0.717, 1.165) is 12.8 Å². The van der Waals surface area contributed by atoms with Gasteiger partial charge >= 0.3 is 0 Å². The van der Waals surface area contributed by atoms with Crippen LogP contribution in [0, 0.1) is 18.8 Å². The Hall–Kier alpha value is -0.820. The van der Waals surface area contributed by atoms with Gasteiger partial charge in [0.15, 0.2) is 0 Å². The third kappa shape index (κ3) is 4.36. The summed E-state index contributed by atoms with van der Waals surface area (Å²) in [6.07, 6.45) is 3.33. The van der Waals surface area contributed by atoms with Gasteiger partial charge in [0.1, 0.15) is 0 Å². The fourth-order valence-corrected chi connectivity index (χ4v) is 2.13. The van der Waals surface area contributed by atoms with Crippen molar-refractivity contribution in [2.24, 2.45) is 11.8 Å². The van der Waals surface area contributed by atoms with Crippen molar-refractivity contribution >= 4 is 0 Å². The normalized spacial score (nSPS) is 14.8. The van der Waals surface area contributed by atoms with Crippen LogP contribution in [-0.2, 0) is 6.42 Å². The Bertz CT molecular complexity index is 306. The summed E-state index contributed by atoms with van der Waals surface area (Å²) in [6.45, 7) is 6.90. The molecule has 1 aromatic carbocycles. The van der Waals surface area contributed by atoms with Crippen molar-refractivity contribution < 1.29 is 5.11 Å². The van der Waals surface area contributed by atoms with Gasteiger partial charge in [0.2, 0.25) is 0 Å². The number of benzene rings is 1. The SMILES string of the molecule is CCC(C)CC(CO)Cc1cccc(C)c1. The van der Waals surface area contributed by atoms with Crippen molar-refractivity contribution in [3.05, 3.63) is 35.4 Å². The van der Waals surface area contributed by atoms with Gasteiger partial charge in [0, 0.05) is 6.61 Å². The highest BCUT2D eigenvalue weighted by molar-refractivity contribution is 5.22. The zero-order valence-electron chi connectivity index (χ0n) is 10.7. The molecule has 1 aromatic rings. The molecule has 0 bridgehead atoms. The third-order valence-corrected chi connectivity index (χ3v) is 3.30. The molecule has 2 unspecified atom stereocenters. The number of hydrogen-bond acceptors (Lipinski definition) is 1. The van der Waals surface area contributed by atoms with Crippen LogP contribution in [0.5, 0.6) is 0 Å². The molecular formula is C15H24O. The molecule has 1 nitrogen and oxygen atoms in total. The van der Waals surface area contributed by atoms with Gasteiger partial charge in [-0.2, -0.15) is 0 Å². The van der Waals surface area contributed by atoms with Crippen LogP contribution in [0.25, 0.3) is 0 Å². The highest BCUT2D eigenvalue weighted by atomic mass is 16.3. The minimum atomic E-state index is 0.304. The lowest BCUT2D eigenvalue weighted by atomic mass is 9.89. The van der Waals surface area contributed by atoms with Crippen molar-refractivity contribution in [3.8, 4) is 0 Å². The van der Waals surface area contributed by atoms with Gasteiger partial charge in [-0.05, 0) is 37.2 Å². The summed E-state index contributed by atoms with van der Waals surface area (Å²) < 4.78 is 0. The van der Waals surface area contributed by atoms with Crippen LogP contribution in [-0.4, -0.2) is 11.7 Å². The Morgan fingerprint density at radius 2 is 2.06 bits per heavy atom. The summed E-state index contributed by atoms with van der Waals surface area (Å²) in [6, 6.07) is 8.60. The van der Waals surface area contributed by atoms with E-state index < -0.39 is 0 Å². The van der Waals surface area contributed by atoms with E-state index in [1.54, 1.807) is 0 Å². The molecular weight excluding hydrogens is 196 g/mol. The van der Waals surface area contributed by atoms with Gasteiger partial charge in [-0.25, -0.2) is 0 Å². The second-order valence-corrected chi connectivity index (χ2v) is 4.99. The minimum Gasteiger partial charge on any atom is -0.396 e. The second-order valence-electron chi connectivity index (χ2n) is 4.99. The lowest BCUT2D eigenvalue weighted by Gasteiger charge is -2.18. The molecule has 0 aliphatic heterocycles. The molecule has 0 spiro atoms. The molecule has 1 N–H and O–H groups in total. The van der Waals surface area contributed by atoms with Gasteiger partial charge < -0.3 is 5.11 Å². The number of rotatable bonds is 6. The predicted molar refractivity (Wildman–Crippen MR) is 69.5 cm³/mol. The van der Waals surface area contributed by atoms with E-state index in [0.29, 0.717) is 18.4 Å². The third-order valence-electron chi connectivity index (χ3n) is 3.30. The van der Waals surface area contributed by atoms with E-state index in [-0.39, 0.29) is 0 Å². The lowest BCUT2D eigenvalue weighted by Crippen LogP contribution is -2.13. The van der Waals surface area contributed by atoms with E-state index >= 15 is 0 Å². The average molecular weight is 220 g/mol. The highest BCUT2D eigenvalue weighted by Gasteiger charge is 2.12. The maximum atomic E-state index is 9.40. The topological polar surface area (TPSA) is 20.2 Å². The maximum absolute atomic E-state index is 9.40. The quantitative estimate of drug-likeness (QED) is 0.777. The van der Waals surface area contributed by atoms with Crippen molar-refractivity contribution in [2.75, 3.05) is 6.61 Å². The summed E-state index contributed by atoms with van der Waals surface area (Å²) in [5.41, 5.74) is 2.65. The number of aryl methyl sites for hydroxylation is 1. The average Bonchev–Trinajstić information content (AvgIpc) is 2.28. The molecule has 1 rings (SSSR count). The second kappa shape index (κ2) is 6.70. The van der Waals surface area contributed by atoms with Gasteiger partial charge in [0.25, 0.3) is 0 Å². The van der Waals surface area contributed by atoms with Gasteiger partial charge in [0.05, 0.1) is 0 Å². The fourth-order valence-electron chi connectivity index (χ4n) is 2.13. The molecule has 16 heavy (non-hydrogen) atoms. The fraction of sp³-hybridized carbons (Fsp3) is 0.600. The number of hydrogen-bond donors (Lipinski definition) is 1. The monoisotopic (exact) mass is 220 g/mol. The van der Waals surface area contributed by atoms with Gasteiger partial charge in [-0.3, -0.25) is 0 Å². The van der Waals surface area contributed by atoms with E-state index in [2.05, 4.69) is 45.0 Å². The molecule has 0 aliphatic rings. The lowest BCUT2D eigenvalue weighted by molar-refractivity contribution is 0.201. The Labute approximate surface area is 99.5 Å². The maximum Gasteiger partial charge on any atom is 0.0462 e. The number of aliphatic hydroxyl groups excluding tert-OH is 1. The first-order valence-corrected chi connectivity index (χ1v) is 6.32. The van der Waals surface area contributed by atoms with E-state index in [1.807, 2.05) is 0 Å². The largest absolute Gasteiger partial charge is 0.396 e. The first-order valence-electron chi connectivity index (χ1n) is 6.32. The van der Waals surface area contributed by atoms with Crippen molar-refractivity contribution in [1.29, 1.82) is 0 Å². The molecule has 0 saturated heterocycles. The van der Waals surface area contributed by atoms with Crippen LogP contribution in [0.3, 0.4) is 0 Å². The summed E-state index contributed by atoms with van der Waals surface area (Å²) in [5.74, 6) is 1.12. The smallest absolute Gasteiger partial charge is 0.0462 e. The molecule has 0 aromatic heterocycles. The summed E-state index contributed by atoms with van der Waals surface area (Å²) in [7, 11) is 0. The first-order chi connectivity index (χ1) is 7.65. The van der Waals surface area contributed by atoms with Crippen LogP contribution in [0.4, 0.5) is 0 Å². The van der Waals surface area contributed by atoms with Gasteiger partial charge in [-0.15, -0.1) is 0 Å². The van der Waals surface area contributed by atoms with Crippen molar-refractivity contribution in [2.45, 2.75) is 40.0 Å². The van der Waals surface area contributed by atoms with Crippen LogP contribution in [0.15, 0.2) is 24.3 Å². The predicted octanol–water partition coefficient (Wildman–Crippen LogP) is 3.58. The van der Waals surface area contributed by atoms with Crippen LogP contribution >= 0.6 is 0 Å².